The second-order valence-corrected chi connectivity index (χ2v) is 3.79. The molecule has 0 bridgehead atoms. The zero-order chi connectivity index (χ0) is 11.1. The average Bonchev–Trinajstić information content (AvgIpc) is 2.66. The van der Waals surface area contributed by atoms with Crippen LogP contribution in [0.3, 0.4) is 0 Å². The van der Waals surface area contributed by atoms with Crippen LogP contribution >= 0.6 is 11.3 Å². The first-order chi connectivity index (χ1) is 7.24. The minimum atomic E-state index is -0.988. The van der Waals surface area contributed by atoms with Crippen molar-refractivity contribution in [2.75, 3.05) is 6.61 Å². The summed E-state index contributed by atoms with van der Waals surface area (Å²) < 4.78 is 5.32. The second kappa shape index (κ2) is 6.31. The highest BCUT2D eigenvalue weighted by Crippen LogP contribution is 2.10. The second-order valence-electron chi connectivity index (χ2n) is 2.93. The van der Waals surface area contributed by atoms with E-state index in [2.05, 4.69) is 11.6 Å². The van der Waals surface area contributed by atoms with Gasteiger partial charge in [-0.05, 0) is 12.8 Å². The summed E-state index contributed by atoms with van der Waals surface area (Å²) in [6.07, 6.45) is 3.70. The highest BCUT2D eigenvalue weighted by molar-refractivity contribution is 7.11. The lowest BCUT2D eigenvalue weighted by molar-refractivity contribution is 0.0695. The van der Waals surface area contributed by atoms with Crippen molar-refractivity contribution in [3.05, 3.63) is 28.7 Å². The first kappa shape index (κ1) is 11.9. The summed E-state index contributed by atoms with van der Waals surface area (Å²) in [4.78, 5) is 14.4. The first-order valence-electron chi connectivity index (χ1n) is 4.60. The number of ether oxygens (including phenoxy) is 1. The van der Waals surface area contributed by atoms with E-state index in [1.165, 1.54) is 0 Å². The lowest BCUT2D eigenvalue weighted by atomic mass is 10.3. The molecule has 1 heterocycles. The highest BCUT2D eigenvalue weighted by Gasteiger charge is 2.08. The predicted molar refractivity (Wildman–Crippen MR) is 58.2 cm³/mol. The third-order valence-electron chi connectivity index (χ3n) is 1.68. The van der Waals surface area contributed by atoms with E-state index in [-0.39, 0.29) is 5.01 Å². The molecule has 0 atom stereocenters. The molecule has 5 heteroatoms. The van der Waals surface area contributed by atoms with E-state index in [0.29, 0.717) is 18.9 Å². The van der Waals surface area contributed by atoms with Crippen LogP contribution < -0.4 is 0 Å². The van der Waals surface area contributed by atoms with Crippen molar-refractivity contribution in [1.29, 1.82) is 0 Å². The summed E-state index contributed by atoms with van der Waals surface area (Å²) in [7, 11) is 0. The van der Waals surface area contributed by atoms with Crippen molar-refractivity contribution in [1.82, 2.24) is 4.98 Å². The van der Waals surface area contributed by atoms with Crippen molar-refractivity contribution < 1.29 is 14.6 Å². The fourth-order valence-corrected chi connectivity index (χ4v) is 1.62. The Labute approximate surface area is 92.2 Å². The molecule has 0 aliphatic rings. The molecule has 1 aromatic heterocycles. The number of rotatable bonds is 7. The topological polar surface area (TPSA) is 59.4 Å². The molecule has 0 aliphatic heterocycles. The van der Waals surface area contributed by atoms with E-state index in [4.69, 9.17) is 9.84 Å². The van der Waals surface area contributed by atoms with Gasteiger partial charge in [0.15, 0.2) is 0 Å². The first-order valence-corrected chi connectivity index (χ1v) is 5.48. The summed E-state index contributed by atoms with van der Waals surface area (Å²) in [6.45, 7) is 4.63. The summed E-state index contributed by atoms with van der Waals surface area (Å²) in [5, 5.41) is 10.5. The van der Waals surface area contributed by atoms with Gasteiger partial charge in [0.1, 0.15) is 0 Å². The molecule has 0 unspecified atom stereocenters. The van der Waals surface area contributed by atoms with E-state index in [0.717, 1.165) is 24.2 Å². The van der Waals surface area contributed by atoms with Gasteiger partial charge in [-0.1, -0.05) is 6.08 Å². The molecular weight excluding hydrogens is 214 g/mol. The van der Waals surface area contributed by atoms with E-state index in [9.17, 15) is 4.79 Å². The van der Waals surface area contributed by atoms with Crippen molar-refractivity contribution >= 4 is 17.3 Å². The zero-order valence-corrected chi connectivity index (χ0v) is 9.13. The van der Waals surface area contributed by atoms with E-state index in [1.807, 2.05) is 6.08 Å². The number of carboxylic acid groups (broad SMARTS) is 1. The molecule has 1 rings (SSSR count). The number of carbonyl (C=O) groups is 1. The Kier molecular flexibility index (Phi) is 5.00. The number of carboxylic acids is 1. The van der Waals surface area contributed by atoms with Crippen molar-refractivity contribution in [2.45, 2.75) is 19.4 Å². The molecule has 0 saturated carbocycles. The Hall–Kier alpha value is -1.20. The molecule has 1 aromatic rings. The van der Waals surface area contributed by atoms with Crippen LogP contribution in [0.4, 0.5) is 0 Å². The van der Waals surface area contributed by atoms with Gasteiger partial charge >= 0.3 is 5.97 Å². The van der Waals surface area contributed by atoms with Crippen molar-refractivity contribution in [3.8, 4) is 0 Å². The van der Waals surface area contributed by atoms with Crippen LogP contribution in [0.5, 0.6) is 0 Å². The van der Waals surface area contributed by atoms with Gasteiger partial charge in [0.2, 0.25) is 5.01 Å². The number of thiazole rings is 1. The number of aromatic nitrogens is 1. The quantitative estimate of drug-likeness (QED) is 0.573. The summed E-state index contributed by atoms with van der Waals surface area (Å²) in [5.74, 6) is -0.988. The number of unbranched alkanes of at least 4 members (excludes halogenated alkanes) is 1. The maximum absolute atomic E-state index is 10.5. The van der Waals surface area contributed by atoms with Gasteiger partial charge in [-0.15, -0.1) is 17.9 Å². The van der Waals surface area contributed by atoms with Gasteiger partial charge < -0.3 is 9.84 Å². The largest absolute Gasteiger partial charge is 0.476 e. The fraction of sp³-hybridized carbons (Fsp3) is 0.400. The zero-order valence-electron chi connectivity index (χ0n) is 8.31. The van der Waals surface area contributed by atoms with Crippen LogP contribution in [0.1, 0.15) is 28.3 Å². The lowest BCUT2D eigenvalue weighted by Crippen LogP contribution is -1.98. The molecule has 0 aliphatic carbocycles. The van der Waals surface area contributed by atoms with Gasteiger partial charge in [0.25, 0.3) is 0 Å². The molecular formula is C10H13NO3S. The summed E-state index contributed by atoms with van der Waals surface area (Å²) in [6, 6.07) is 0. The Morgan fingerprint density at radius 2 is 2.53 bits per heavy atom. The van der Waals surface area contributed by atoms with Gasteiger partial charge in [0.05, 0.1) is 12.3 Å². The van der Waals surface area contributed by atoms with Gasteiger partial charge in [0, 0.05) is 12.0 Å². The monoisotopic (exact) mass is 227 g/mol. The standard InChI is InChI=1S/C10H13NO3S/c1-2-3-4-5-14-6-8-7-15-9(11-8)10(12)13/h2,7H,1,3-6H2,(H,12,13). The molecule has 0 spiro atoms. The molecule has 15 heavy (non-hydrogen) atoms. The smallest absolute Gasteiger partial charge is 0.365 e. The van der Waals surface area contributed by atoms with E-state index >= 15 is 0 Å². The van der Waals surface area contributed by atoms with Gasteiger partial charge in [-0.3, -0.25) is 0 Å². The van der Waals surface area contributed by atoms with Crippen LogP contribution in [0.2, 0.25) is 0 Å². The Morgan fingerprint density at radius 1 is 1.73 bits per heavy atom. The number of hydrogen-bond donors (Lipinski definition) is 1. The Bertz CT molecular complexity index is 335. The number of aromatic carboxylic acids is 1. The maximum atomic E-state index is 10.5. The molecule has 0 amide bonds. The van der Waals surface area contributed by atoms with E-state index < -0.39 is 5.97 Å². The minimum absolute atomic E-state index is 0.111. The van der Waals surface area contributed by atoms with Crippen molar-refractivity contribution in [3.63, 3.8) is 0 Å². The van der Waals surface area contributed by atoms with Crippen LogP contribution in [0, 0.1) is 0 Å². The molecule has 4 nitrogen and oxygen atoms in total. The van der Waals surface area contributed by atoms with E-state index in [1.54, 1.807) is 5.38 Å². The van der Waals surface area contributed by atoms with Gasteiger partial charge in [-0.2, -0.15) is 0 Å². The third kappa shape index (κ3) is 4.22. The molecule has 82 valence electrons. The molecule has 0 radical (unpaired) electrons. The normalized spacial score (nSPS) is 10.1. The Morgan fingerprint density at radius 3 is 3.13 bits per heavy atom. The fourth-order valence-electron chi connectivity index (χ4n) is 0.978. The number of nitrogens with zero attached hydrogens (tertiary/aromatic N) is 1. The number of allylic oxidation sites excluding steroid dienone is 1. The van der Waals surface area contributed by atoms with Crippen LogP contribution in [-0.4, -0.2) is 22.7 Å². The van der Waals surface area contributed by atoms with Crippen LogP contribution in [-0.2, 0) is 11.3 Å². The maximum Gasteiger partial charge on any atom is 0.365 e. The summed E-state index contributed by atoms with van der Waals surface area (Å²) in [5.41, 5.74) is 0.677. The van der Waals surface area contributed by atoms with Gasteiger partial charge in [-0.25, -0.2) is 9.78 Å². The lowest BCUT2D eigenvalue weighted by Gasteiger charge is -1.99. The molecule has 1 N–H and O–H groups in total. The van der Waals surface area contributed by atoms with Crippen LogP contribution in [0.25, 0.3) is 0 Å². The molecule has 0 saturated heterocycles. The molecule has 0 aromatic carbocycles. The highest BCUT2D eigenvalue weighted by atomic mass is 32.1. The average molecular weight is 227 g/mol. The minimum Gasteiger partial charge on any atom is -0.476 e. The van der Waals surface area contributed by atoms with Crippen molar-refractivity contribution in [2.24, 2.45) is 0 Å². The Balaban J connectivity index is 2.25. The third-order valence-corrected chi connectivity index (χ3v) is 2.56. The predicted octanol–water partition coefficient (Wildman–Crippen LogP) is 2.32. The molecule has 0 fully saturated rings. The van der Waals surface area contributed by atoms with Crippen LogP contribution in [0.15, 0.2) is 18.0 Å². The summed E-state index contributed by atoms with van der Waals surface area (Å²) >= 11 is 1.12. The number of hydrogen-bond acceptors (Lipinski definition) is 4. The SMILES string of the molecule is C=CCCCOCc1csc(C(=O)O)n1.